The molecule has 1 aromatic rings. The Morgan fingerprint density at radius 1 is 1.25 bits per heavy atom. The topological polar surface area (TPSA) is 110 Å². The van der Waals surface area contributed by atoms with E-state index in [2.05, 4.69) is 22.5 Å². The first-order valence-corrected chi connectivity index (χ1v) is 6.15. The van der Waals surface area contributed by atoms with Gasteiger partial charge in [0.2, 0.25) is 0 Å². The van der Waals surface area contributed by atoms with Gasteiger partial charge in [-0.15, -0.1) is 0 Å². The molecule has 0 bridgehead atoms. The SMILES string of the molecule is Cc1cc(C(=O)NCCNC(N)=O)ccc1C#CCN. The number of carbonyl (C=O) groups excluding carboxylic acids is 2. The fourth-order valence-corrected chi connectivity index (χ4v) is 1.56. The molecule has 6 heteroatoms. The number of carbonyl (C=O) groups is 2. The number of nitrogens with one attached hydrogen (secondary N) is 2. The van der Waals surface area contributed by atoms with Crippen molar-refractivity contribution in [3.63, 3.8) is 0 Å². The van der Waals surface area contributed by atoms with E-state index in [0.29, 0.717) is 25.2 Å². The number of aryl methyl sites for hydroxylation is 1. The molecule has 0 heterocycles. The van der Waals surface area contributed by atoms with Gasteiger partial charge in [0.25, 0.3) is 5.91 Å². The van der Waals surface area contributed by atoms with Gasteiger partial charge in [-0.2, -0.15) is 0 Å². The summed E-state index contributed by atoms with van der Waals surface area (Å²) in [6.45, 7) is 2.79. The third-order valence-electron chi connectivity index (χ3n) is 2.52. The molecule has 0 fully saturated rings. The standard InChI is InChI=1S/C14H18N4O2/c1-10-9-12(5-4-11(10)3-2-6-15)13(19)17-7-8-18-14(16)20/h4-5,9H,6-8,15H2,1H3,(H,17,19)(H3,16,18,20). The molecule has 0 radical (unpaired) electrons. The van der Waals surface area contributed by atoms with E-state index in [1.807, 2.05) is 6.92 Å². The first kappa shape index (κ1) is 15.5. The highest BCUT2D eigenvalue weighted by molar-refractivity contribution is 5.94. The van der Waals surface area contributed by atoms with Crippen molar-refractivity contribution < 1.29 is 9.59 Å². The molecule has 0 saturated carbocycles. The van der Waals surface area contributed by atoms with E-state index in [1.54, 1.807) is 18.2 Å². The number of benzene rings is 1. The van der Waals surface area contributed by atoms with Crippen LogP contribution in [0, 0.1) is 18.8 Å². The van der Waals surface area contributed by atoms with E-state index >= 15 is 0 Å². The number of rotatable bonds is 4. The fraction of sp³-hybridized carbons (Fsp3) is 0.286. The Morgan fingerprint density at radius 3 is 2.55 bits per heavy atom. The van der Waals surface area contributed by atoms with Crippen molar-refractivity contribution in [1.82, 2.24) is 10.6 Å². The van der Waals surface area contributed by atoms with Crippen LogP contribution in [-0.2, 0) is 0 Å². The highest BCUT2D eigenvalue weighted by atomic mass is 16.2. The molecular weight excluding hydrogens is 256 g/mol. The summed E-state index contributed by atoms with van der Waals surface area (Å²) in [5.74, 6) is 5.50. The molecule has 1 aromatic carbocycles. The average molecular weight is 274 g/mol. The van der Waals surface area contributed by atoms with Gasteiger partial charge in [-0.05, 0) is 30.7 Å². The summed E-state index contributed by atoms with van der Waals surface area (Å²) in [5.41, 5.74) is 12.5. The van der Waals surface area contributed by atoms with Gasteiger partial charge in [0.05, 0.1) is 6.54 Å². The zero-order valence-electron chi connectivity index (χ0n) is 11.3. The van der Waals surface area contributed by atoms with Crippen LogP contribution >= 0.6 is 0 Å². The van der Waals surface area contributed by atoms with Gasteiger partial charge in [0, 0.05) is 24.2 Å². The lowest BCUT2D eigenvalue weighted by Gasteiger charge is -2.07. The molecular formula is C14H18N4O2. The maximum atomic E-state index is 11.9. The van der Waals surface area contributed by atoms with Crippen molar-refractivity contribution >= 4 is 11.9 Å². The van der Waals surface area contributed by atoms with Crippen molar-refractivity contribution in [2.24, 2.45) is 11.5 Å². The van der Waals surface area contributed by atoms with Crippen molar-refractivity contribution in [3.05, 3.63) is 34.9 Å². The maximum Gasteiger partial charge on any atom is 0.312 e. The van der Waals surface area contributed by atoms with E-state index < -0.39 is 6.03 Å². The van der Waals surface area contributed by atoms with Crippen LogP contribution in [0.2, 0.25) is 0 Å². The minimum Gasteiger partial charge on any atom is -0.352 e. The van der Waals surface area contributed by atoms with E-state index in [0.717, 1.165) is 11.1 Å². The molecule has 0 atom stereocenters. The Labute approximate surface area is 117 Å². The minimum absolute atomic E-state index is 0.210. The summed E-state index contributed by atoms with van der Waals surface area (Å²) in [4.78, 5) is 22.3. The van der Waals surface area contributed by atoms with Crippen LogP contribution in [0.4, 0.5) is 4.79 Å². The van der Waals surface area contributed by atoms with Crippen LogP contribution in [0.3, 0.4) is 0 Å². The molecule has 106 valence electrons. The third kappa shape index (κ3) is 5.00. The zero-order valence-corrected chi connectivity index (χ0v) is 11.3. The molecule has 0 unspecified atom stereocenters. The van der Waals surface area contributed by atoms with Gasteiger partial charge in [0.1, 0.15) is 0 Å². The summed E-state index contributed by atoms with van der Waals surface area (Å²) in [6, 6.07) is 4.63. The molecule has 20 heavy (non-hydrogen) atoms. The number of nitrogens with two attached hydrogens (primary N) is 2. The Bertz CT molecular complexity index is 558. The van der Waals surface area contributed by atoms with Crippen molar-refractivity contribution in [2.75, 3.05) is 19.6 Å². The van der Waals surface area contributed by atoms with Gasteiger partial charge in [-0.25, -0.2) is 4.79 Å². The molecule has 0 aliphatic carbocycles. The van der Waals surface area contributed by atoms with Gasteiger partial charge >= 0.3 is 6.03 Å². The third-order valence-corrected chi connectivity index (χ3v) is 2.52. The molecule has 0 aromatic heterocycles. The van der Waals surface area contributed by atoms with Crippen LogP contribution in [0.25, 0.3) is 0 Å². The molecule has 6 N–H and O–H groups in total. The quantitative estimate of drug-likeness (QED) is 0.447. The van der Waals surface area contributed by atoms with Crippen LogP contribution in [0.1, 0.15) is 21.5 Å². The molecule has 3 amide bonds. The first-order valence-electron chi connectivity index (χ1n) is 6.15. The van der Waals surface area contributed by atoms with Crippen molar-refractivity contribution in [2.45, 2.75) is 6.92 Å². The second kappa shape index (κ2) is 7.81. The van der Waals surface area contributed by atoms with Crippen molar-refractivity contribution in [1.29, 1.82) is 0 Å². The zero-order chi connectivity index (χ0) is 15.0. The van der Waals surface area contributed by atoms with Gasteiger partial charge < -0.3 is 22.1 Å². The average Bonchev–Trinajstić information content (AvgIpc) is 2.41. The van der Waals surface area contributed by atoms with E-state index in [4.69, 9.17) is 11.5 Å². The van der Waals surface area contributed by atoms with E-state index in [9.17, 15) is 9.59 Å². The fourth-order valence-electron chi connectivity index (χ4n) is 1.56. The molecule has 0 saturated heterocycles. The summed E-state index contributed by atoms with van der Waals surface area (Å²) >= 11 is 0. The number of hydrogen-bond acceptors (Lipinski definition) is 3. The van der Waals surface area contributed by atoms with Crippen LogP contribution < -0.4 is 22.1 Å². The lowest BCUT2D eigenvalue weighted by molar-refractivity contribution is 0.0954. The van der Waals surface area contributed by atoms with Gasteiger partial charge in [-0.1, -0.05) is 11.8 Å². The molecule has 0 aliphatic heterocycles. The minimum atomic E-state index is -0.613. The molecule has 0 spiro atoms. The first-order chi connectivity index (χ1) is 9.54. The highest BCUT2D eigenvalue weighted by Crippen LogP contribution is 2.10. The number of hydrogen-bond donors (Lipinski definition) is 4. The van der Waals surface area contributed by atoms with Gasteiger partial charge in [-0.3, -0.25) is 4.79 Å². The molecule has 1 rings (SSSR count). The Hall–Kier alpha value is -2.52. The maximum absolute atomic E-state index is 11.9. The summed E-state index contributed by atoms with van der Waals surface area (Å²) in [6.07, 6.45) is 0. The van der Waals surface area contributed by atoms with E-state index in [1.165, 1.54) is 0 Å². The van der Waals surface area contributed by atoms with Crippen LogP contribution in [-0.4, -0.2) is 31.6 Å². The smallest absolute Gasteiger partial charge is 0.312 e. The Balaban J connectivity index is 2.61. The largest absolute Gasteiger partial charge is 0.352 e. The normalized spacial score (nSPS) is 9.30. The highest BCUT2D eigenvalue weighted by Gasteiger charge is 2.06. The van der Waals surface area contributed by atoms with E-state index in [-0.39, 0.29) is 5.91 Å². The molecule has 0 aliphatic rings. The Kier molecular flexibility index (Phi) is 6.07. The van der Waals surface area contributed by atoms with Gasteiger partial charge in [0.15, 0.2) is 0 Å². The predicted octanol–water partition coefficient (Wildman–Crippen LogP) is -0.297. The second-order valence-electron chi connectivity index (χ2n) is 4.08. The summed E-state index contributed by atoms with van der Waals surface area (Å²) < 4.78 is 0. The Morgan fingerprint density at radius 2 is 1.95 bits per heavy atom. The number of primary amides is 1. The number of amides is 3. The summed E-state index contributed by atoms with van der Waals surface area (Å²) in [7, 11) is 0. The monoisotopic (exact) mass is 274 g/mol. The molecule has 6 nitrogen and oxygen atoms in total. The summed E-state index contributed by atoms with van der Waals surface area (Å²) in [5, 5.41) is 5.07. The van der Waals surface area contributed by atoms with Crippen LogP contribution in [0.5, 0.6) is 0 Å². The lowest BCUT2D eigenvalue weighted by atomic mass is 10.0. The van der Waals surface area contributed by atoms with Crippen molar-refractivity contribution in [3.8, 4) is 11.8 Å². The number of urea groups is 1. The second-order valence-corrected chi connectivity index (χ2v) is 4.08. The predicted molar refractivity (Wildman–Crippen MR) is 77.0 cm³/mol. The lowest BCUT2D eigenvalue weighted by Crippen LogP contribution is -2.37. The van der Waals surface area contributed by atoms with Crippen LogP contribution in [0.15, 0.2) is 18.2 Å².